The van der Waals surface area contributed by atoms with Crippen molar-refractivity contribution < 1.29 is 15.3 Å². The molecule has 3 nitrogen and oxygen atoms in total. The van der Waals surface area contributed by atoms with Crippen molar-refractivity contribution in [3.05, 3.63) is 0 Å². The summed E-state index contributed by atoms with van der Waals surface area (Å²) in [6.07, 6.45) is 1.61. The summed E-state index contributed by atoms with van der Waals surface area (Å²) in [4.78, 5) is 0. The van der Waals surface area contributed by atoms with Gasteiger partial charge in [-0.15, -0.1) is 0 Å². The zero-order valence-corrected chi connectivity index (χ0v) is 11.8. The average Bonchev–Trinajstić information content (AvgIpc) is 2.61. The van der Waals surface area contributed by atoms with Crippen LogP contribution in [0.25, 0.3) is 0 Å². The molecule has 0 bridgehead atoms. The summed E-state index contributed by atoms with van der Waals surface area (Å²) in [6.45, 7) is 8.51. The molecule has 0 amide bonds. The van der Waals surface area contributed by atoms with E-state index in [1.807, 2.05) is 6.92 Å². The smallest absolute Gasteiger partial charge is 0.101 e. The lowest BCUT2D eigenvalue weighted by Crippen LogP contribution is -2.77. The maximum atomic E-state index is 10.9. The Hall–Kier alpha value is -0.120. The molecule has 0 saturated heterocycles. The predicted octanol–water partition coefficient (Wildman–Crippen LogP) is 1.55. The number of fused-ring (bicyclic) bond motifs is 3. The fourth-order valence-corrected chi connectivity index (χ4v) is 5.54. The normalized spacial score (nSPS) is 61.8. The van der Waals surface area contributed by atoms with Crippen LogP contribution in [0.4, 0.5) is 0 Å². The molecule has 3 fully saturated rings. The van der Waals surface area contributed by atoms with Crippen LogP contribution in [-0.2, 0) is 0 Å². The molecular formula is C15H26O3. The van der Waals surface area contributed by atoms with Crippen LogP contribution in [0.2, 0.25) is 0 Å². The molecule has 3 saturated carbocycles. The Kier molecular flexibility index (Phi) is 2.37. The van der Waals surface area contributed by atoms with Crippen molar-refractivity contribution in [1.82, 2.24) is 0 Å². The minimum absolute atomic E-state index is 0.219. The maximum absolute atomic E-state index is 10.9. The largest absolute Gasteiger partial charge is 0.392 e. The summed E-state index contributed by atoms with van der Waals surface area (Å²) in [7, 11) is 0. The average molecular weight is 254 g/mol. The van der Waals surface area contributed by atoms with Gasteiger partial charge >= 0.3 is 0 Å². The third-order valence-corrected chi connectivity index (χ3v) is 6.58. The van der Waals surface area contributed by atoms with Gasteiger partial charge in [0.05, 0.1) is 12.2 Å². The summed E-state index contributed by atoms with van der Waals surface area (Å²) in [6, 6.07) is 0. The van der Waals surface area contributed by atoms with Gasteiger partial charge in [-0.05, 0) is 36.5 Å². The fourth-order valence-electron chi connectivity index (χ4n) is 5.54. The molecule has 0 aromatic heterocycles. The molecule has 3 N–H and O–H groups in total. The highest BCUT2D eigenvalue weighted by atomic mass is 16.4. The molecule has 3 aliphatic rings. The molecule has 3 heteroatoms. The molecule has 0 aromatic carbocycles. The van der Waals surface area contributed by atoms with Crippen LogP contribution < -0.4 is 0 Å². The van der Waals surface area contributed by atoms with Gasteiger partial charge in [0.2, 0.25) is 0 Å². The lowest BCUT2D eigenvalue weighted by atomic mass is 9.41. The van der Waals surface area contributed by atoms with Gasteiger partial charge < -0.3 is 15.3 Å². The molecule has 0 radical (unpaired) electrons. The molecule has 0 spiro atoms. The Labute approximate surface area is 109 Å². The molecule has 7 atom stereocenters. The summed E-state index contributed by atoms with van der Waals surface area (Å²) in [5, 5.41) is 31.5. The molecule has 0 unspecified atom stereocenters. The van der Waals surface area contributed by atoms with E-state index in [-0.39, 0.29) is 22.7 Å². The predicted molar refractivity (Wildman–Crippen MR) is 68.8 cm³/mol. The van der Waals surface area contributed by atoms with Gasteiger partial charge in [0, 0.05) is 11.3 Å². The highest BCUT2D eigenvalue weighted by Crippen LogP contribution is 2.69. The number of rotatable bonds is 0. The highest BCUT2D eigenvalue weighted by molar-refractivity contribution is 5.23. The van der Waals surface area contributed by atoms with Crippen LogP contribution >= 0.6 is 0 Å². The van der Waals surface area contributed by atoms with E-state index < -0.39 is 17.8 Å². The summed E-state index contributed by atoms with van der Waals surface area (Å²) < 4.78 is 0. The Morgan fingerprint density at radius 1 is 1.00 bits per heavy atom. The summed E-state index contributed by atoms with van der Waals surface area (Å²) in [5.41, 5.74) is -1.07. The SMILES string of the molecule is C[C@@H]1[C@@H](O)[C@@H]2CC(C)(C)C[C@@H]2[C@@]2(C)C[C@@H](O)[C@@]12O. The molecule has 0 aromatic rings. The van der Waals surface area contributed by atoms with E-state index in [1.54, 1.807) is 0 Å². The van der Waals surface area contributed by atoms with E-state index in [0.717, 1.165) is 12.8 Å². The second-order valence-corrected chi connectivity index (χ2v) is 8.08. The molecule has 0 heterocycles. The Balaban J connectivity index is 2.03. The van der Waals surface area contributed by atoms with Gasteiger partial charge in [-0.2, -0.15) is 0 Å². The highest BCUT2D eigenvalue weighted by Gasteiger charge is 2.74. The number of hydrogen-bond acceptors (Lipinski definition) is 3. The fraction of sp³-hybridized carbons (Fsp3) is 1.00. The molecule has 3 aliphatic carbocycles. The van der Waals surface area contributed by atoms with E-state index in [4.69, 9.17) is 0 Å². The quantitative estimate of drug-likeness (QED) is 0.614. The van der Waals surface area contributed by atoms with Crippen molar-refractivity contribution in [3.8, 4) is 0 Å². The third kappa shape index (κ3) is 1.21. The van der Waals surface area contributed by atoms with Gasteiger partial charge in [0.25, 0.3) is 0 Å². The molecule has 18 heavy (non-hydrogen) atoms. The van der Waals surface area contributed by atoms with Crippen LogP contribution in [0.5, 0.6) is 0 Å². The zero-order chi connectivity index (χ0) is 13.5. The first-order valence-corrected chi connectivity index (χ1v) is 7.22. The first-order chi connectivity index (χ1) is 8.13. The van der Waals surface area contributed by atoms with Crippen molar-refractivity contribution in [2.75, 3.05) is 0 Å². The third-order valence-electron chi connectivity index (χ3n) is 6.58. The Morgan fingerprint density at radius 2 is 1.61 bits per heavy atom. The Bertz CT molecular complexity index is 380. The van der Waals surface area contributed by atoms with E-state index in [9.17, 15) is 15.3 Å². The number of aliphatic hydroxyl groups is 3. The lowest BCUT2D eigenvalue weighted by Gasteiger charge is -2.68. The number of hydrogen-bond donors (Lipinski definition) is 3. The monoisotopic (exact) mass is 254 g/mol. The second kappa shape index (κ2) is 3.31. The van der Waals surface area contributed by atoms with Crippen LogP contribution in [-0.4, -0.2) is 33.1 Å². The van der Waals surface area contributed by atoms with Crippen molar-refractivity contribution in [1.29, 1.82) is 0 Å². The first-order valence-electron chi connectivity index (χ1n) is 7.22. The molecule has 104 valence electrons. The van der Waals surface area contributed by atoms with Crippen molar-refractivity contribution in [2.24, 2.45) is 28.6 Å². The lowest BCUT2D eigenvalue weighted by molar-refractivity contribution is -0.327. The second-order valence-electron chi connectivity index (χ2n) is 8.08. The molecule has 3 rings (SSSR count). The van der Waals surface area contributed by atoms with Crippen molar-refractivity contribution >= 4 is 0 Å². The topological polar surface area (TPSA) is 60.7 Å². The van der Waals surface area contributed by atoms with Crippen molar-refractivity contribution in [3.63, 3.8) is 0 Å². The van der Waals surface area contributed by atoms with Gasteiger partial charge in [-0.3, -0.25) is 0 Å². The molecular weight excluding hydrogens is 228 g/mol. The van der Waals surface area contributed by atoms with Crippen LogP contribution in [0.1, 0.15) is 47.0 Å². The Morgan fingerprint density at radius 3 is 2.17 bits per heavy atom. The van der Waals surface area contributed by atoms with Crippen LogP contribution in [0.3, 0.4) is 0 Å². The zero-order valence-electron chi connectivity index (χ0n) is 11.8. The minimum atomic E-state index is -1.09. The number of aliphatic hydroxyl groups excluding tert-OH is 2. The van der Waals surface area contributed by atoms with Crippen LogP contribution in [0.15, 0.2) is 0 Å². The summed E-state index contributed by atoms with van der Waals surface area (Å²) >= 11 is 0. The van der Waals surface area contributed by atoms with Crippen LogP contribution in [0, 0.1) is 28.6 Å². The van der Waals surface area contributed by atoms with Gasteiger partial charge in [0.15, 0.2) is 0 Å². The molecule has 0 aliphatic heterocycles. The van der Waals surface area contributed by atoms with E-state index in [0.29, 0.717) is 12.3 Å². The van der Waals surface area contributed by atoms with E-state index in [1.165, 1.54) is 0 Å². The summed E-state index contributed by atoms with van der Waals surface area (Å²) in [5.74, 6) is 0.390. The van der Waals surface area contributed by atoms with Crippen molar-refractivity contribution in [2.45, 2.75) is 64.8 Å². The van der Waals surface area contributed by atoms with E-state index >= 15 is 0 Å². The first kappa shape index (κ1) is 12.9. The standard InChI is InChI=1S/C15H26O3/c1-8-12(17)9-5-13(2,3)6-10(9)14(4)7-11(16)15(8,14)18/h8-12,16-18H,5-7H2,1-4H3/t8-,9-,10+,11-,12-,14-,15+/m1/s1. The minimum Gasteiger partial charge on any atom is -0.392 e. The maximum Gasteiger partial charge on any atom is 0.101 e. The van der Waals surface area contributed by atoms with Gasteiger partial charge in [0.1, 0.15) is 5.60 Å². The van der Waals surface area contributed by atoms with Gasteiger partial charge in [-0.1, -0.05) is 27.7 Å². The van der Waals surface area contributed by atoms with E-state index in [2.05, 4.69) is 20.8 Å². The van der Waals surface area contributed by atoms with Gasteiger partial charge in [-0.25, -0.2) is 0 Å².